The van der Waals surface area contributed by atoms with Crippen molar-refractivity contribution in [2.75, 3.05) is 13.2 Å². The van der Waals surface area contributed by atoms with Gasteiger partial charge in [0.1, 0.15) is 11.8 Å². The molecule has 0 atom stereocenters. The summed E-state index contributed by atoms with van der Waals surface area (Å²) >= 11 is 0. The van der Waals surface area contributed by atoms with Gasteiger partial charge in [-0.05, 0) is 39.3 Å². The minimum absolute atomic E-state index is 0.157. The molecule has 0 amide bonds. The minimum Gasteiger partial charge on any atom is -0.375 e. The van der Waals surface area contributed by atoms with Crippen LogP contribution in [-0.4, -0.2) is 23.3 Å². The molecule has 0 saturated heterocycles. The molecule has 0 bridgehead atoms. The van der Waals surface area contributed by atoms with Crippen molar-refractivity contribution in [3.05, 3.63) is 23.0 Å². The van der Waals surface area contributed by atoms with Crippen molar-refractivity contribution in [1.82, 2.24) is 9.88 Å². The Kier molecular flexibility index (Phi) is 4.94. The van der Waals surface area contributed by atoms with Crippen LogP contribution in [0.2, 0.25) is 0 Å². The molecule has 4 nitrogen and oxygen atoms in total. The summed E-state index contributed by atoms with van der Waals surface area (Å²) in [5, 5.41) is 12.4. The molecule has 100 valence electrons. The second-order valence-electron chi connectivity index (χ2n) is 5.11. The van der Waals surface area contributed by atoms with Crippen molar-refractivity contribution >= 4 is 0 Å². The van der Waals surface area contributed by atoms with Crippen molar-refractivity contribution in [2.45, 2.75) is 39.8 Å². The smallest absolute Gasteiger partial charge is 0.120 e. The lowest BCUT2D eigenvalue weighted by molar-refractivity contribution is -0.00898. The van der Waals surface area contributed by atoms with Crippen LogP contribution in [0.25, 0.3) is 0 Å². The van der Waals surface area contributed by atoms with Crippen LogP contribution in [0.1, 0.15) is 37.7 Å². The molecule has 0 radical (unpaired) electrons. The van der Waals surface area contributed by atoms with Crippen molar-refractivity contribution in [2.24, 2.45) is 7.05 Å². The fourth-order valence-electron chi connectivity index (χ4n) is 1.99. The number of hydrogen-bond acceptors (Lipinski definition) is 3. The molecule has 0 saturated carbocycles. The Bertz CT molecular complexity index is 441. The molecule has 0 spiro atoms. The summed E-state index contributed by atoms with van der Waals surface area (Å²) in [6.07, 6.45) is 0. The van der Waals surface area contributed by atoms with Crippen LogP contribution in [0.3, 0.4) is 0 Å². The lowest BCUT2D eigenvalue weighted by Gasteiger charge is -2.25. The summed E-state index contributed by atoms with van der Waals surface area (Å²) in [5.74, 6) is 0. The molecule has 0 fully saturated rings. The van der Waals surface area contributed by atoms with E-state index >= 15 is 0 Å². The number of hydrogen-bond donors (Lipinski definition) is 1. The molecule has 0 aliphatic heterocycles. The number of nitrogens with zero attached hydrogens (tertiary/aromatic N) is 2. The summed E-state index contributed by atoms with van der Waals surface area (Å²) in [5.41, 5.74) is 2.85. The normalized spacial score (nSPS) is 11.6. The Labute approximate surface area is 110 Å². The van der Waals surface area contributed by atoms with E-state index < -0.39 is 0 Å². The Morgan fingerprint density at radius 2 is 2.17 bits per heavy atom. The van der Waals surface area contributed by atoms with Gasteiger partial charge in [-0.3, -0.25) is 0 Å². The topological polar surface area (TPSA) is 50.0 Å². The molecule has 4 heteroatoms. The first-order chi connectivity index (χ1) is 8.41. The van der Waals surface area contributed by atoms with E-state index in [9.17, 15) is 0 Å². The highest BCUT2D eigenvalue weighted by Crippen LogP contribution is 2.14. The van der Waals surface area contributed by atoms with Gasteiger partial charge in [-0.15, -0.1) is 0 Å². The Balaban J connectivity index is 2.57. The fourth-order valence-corrected chi connectivity index (χ4v) is 1.99. The van der Waals surface area contributed by atoms with Crippen molar-refractivity contribution < 1.29 is 4.74 Å². The number of rotatable bonds is 6. The predicted molar refractivity (Wildman–Crippen MR) is 72.3 cm³/mol. The maximum absolute atomic E-state index is 8.97. The van der Waals surface area contributed by atoms with Gasteiger partial charge in [0.05, 0.1) is 5.60 Å². The molecular weight excluding hydrogens is 226 g/mol. The number of ether oxygens (including phenoxy) is 1. The molecule has 0 unspecified atom stereocenters. The monoisotopic (exact) mass is 249 g/mol. The van der Waals surface area contributed by atoms with Crippen LogP contribution in [0.4, 0.5) is 0 Å². The lowest BCUT2D eigenvalue weighted by atomic mass is 10.1. The van der Waals surface area contributed by atoms with E-state index in [0.29, 0.717) is 5.69 Å². The Morgan fingerprint density at radius 3 is 2.67 bits per heavy atom. The average Bonchev–Trinajstić information content (AvgIpc) is 2.56. The zero-order valence-electron chi connectivity index (χ0n) is 12.0. The van der Waals surface area contributed by atoms with Crippen LogP contribution in [-0.2, 0) is 18.3 Å². The average molecular weight is 249 g/mol. The summed E-state index contributed by atoms with van der Waals surface area (Å²) in [7, 11) is 1.92. The minimum atomic E-state index is -0.157. The van der Waals surface area contributed by atoms with Crippen molar-refractivity contribution in [3.8, 4) is 6.07 Å². The molecule has 0 aliphatic rings. The van der Waals surface area contributed by atoms with Crippen molar-refractivity contribution in [1.29, 1.82) is 5.26 Å². The second kappa shape index (κ2) is 6.03. The maximum atomic E-state index is 8.97. The molecule has 0 aromatic carbocycles. The van der Waals surface area contributed by atoms with E-state index in [1.807, 2.05) is 31.5 Å². The van der Waals surface area contributed by atoms with Crippen LogP contribution in [0.5, 0.6) is 0 Å². The van der Waals surface area contributed by atoms with Gasteiger partial charge in [0.25, 0.3) is 0 Å². The highest BCUT2D eigenvalue weighted by Gasteiger charge is 2.17. The highest BCUT2D eigenvalue weighted by molar-refractivity contribution is 5.34. The summed E-state index contributed by atoms with van der Waals surface area (Å²) in [4.78, 5) is 0. The SMILES string of the molecule is CCOC(C)(C)CNCc1cc(C#N)n(C)c1C. The van der Waals surface area contributed by atoms with E-state index in [1.165, 1.54) is 5.56 Å². The van der Waals surface area contributed by atoms with Gasteiger partial charge in [0.15, 0.2) is 0 Å². The first kappa shape index (κ1) is 14.7. The molecule has 1 rings (SSSR count). The third kappa shape index (κ3) is 3.59. The van der Waals surface area contributed by atoms with E-state index in [2.05, 4.69) is 25.2 Å². The molecule has 18 heavy (non-hydrogen) atoms. The highest BCUT2D eigenvalue weighted by atomic mass is 16.5. The molecule has 1 aromatic rings. The maximum Gasteiger partial charge on any atom is 0.120 e. The predicted octanol–water partition coefficient (Wildman–Crippen LogP) is 2.11. The van der Waals surface area contributed by atoms with Gasteiger partial charge in [-0.25, -0.2) is 0 Å². The van der Waals surface area contributed by atoms with Gasteiger partial charge in [0.2, 0.25) is 0 Å². The third-order valence-electron chi connectivity index (χ3n) is 3.16. The van der Waals surface area contributed by atoms with Crippen LogP contribution >= 0.6 is 0 Å². The van der Waals surface area contributed by atoms with E-state index in [1.54, 1.807) is 0 Å². The molecule has 1 N–H and O–H groups in total. The molecular formula is C14H23N3O. The fraction of sp³-hybridized carbons (Fsp3) is 0.643. The number of nitrogens with one attached hydrogen (secondary N) is 1. The van der Waals surface area contributed by atoms with Gasteiger partial charge >= 0.3 is 0 Å². The molecule has 0 aliphatic carbocycles. The Morgan fingerprint density at radius 1 is 1.50 bits per heavy atom. The first-order valence-corrected chi connectivity index (χ1v) is 6.31. The molecule has 1 aromatic heterocycles. The summed E-state index contributed by atoms with van der Waals surface area (Å²) in [6, 6.07) is 4.13. The summed E-state index contributed by atoms with van der Waals surface area (Å²) < 4.78 is 7.55. The van der Waals surface area contributed by atoms with E-state index in [-0.39, 0.29) is 5.60 Å². The third-order valence-corrected chi connectivity index (χ3v) is 3.16. The van der Waals surface area contributed by atoms with Gasteiger partial charge in [-0.2, -0.15) is 5.26 Å². The lowest BCUT2D eigenvalue weighted by Crippen LogP contribution is -2.37. The van der Waals surface area contributed by atoms with Crippen LogP contribution in [0, 0.1) is 18.3 Å². The first-order valence-electron chi connectivity index (χ1n) is 6.31. The largest absolute Gasteiger partial charge is 0.375 e. The quantitative estimate of drug-likeness (QED) is 0.840. The van der Waals surface area contributed by atoms with Gasteiger partial charge < -0.3 is 14.6 Å². The zero-order valence-corrected chi connectivity index (χ0v) is 12.0. The second-order valence-corrected chi connectivity index (χ2v) is 5.11. The number of nitriles is 1. The van der Waals surface area contributed by atoms with E-state index in [0.717, 1.165) is 25.4 Å². The van der Waals surface area contributed by atoms with Crippen LogP contribution < -0.4 is 5.32 Å². The number of aromatic nitrogens is 1. The van der Waals surface area contributed by atoms with Gasteiger partial charge in [-0.1, -0.05) is 0 Å². The molecule has 1 heterocycles. The summed E-state index contributed by atoms with van der Waals surface area (Å²) in [6.45, 7) is 10.4. The zero-order chi connectivity index (χ0) is 13.8. The standard InChI is InChI=1S/C14H23N3O/c1-6-18-14(3,4)10-16-9-12-7-13(8-15)17(5)11(12)2/h7,16H,6,9-10H2,1-5H3. The Hall–Kier alpha value is -1.31. The van der Waals surface area contributed by atoms with Crippen LogP contribution in [0.15, 0.2) is 6.07 Å². The van der Waals surface area contributed by atoms with E-state index in [4.69, 9.17) is 10.00 Å². The van der Waals surface area contributed by atoms with Gasteiger partial charge in [0, 0.05) is 32.4 Å². The van der Waals surface area contributed by atoms with Crippen molar-refractivity contribution in [3.63, 3.8) is 0 Å².